The van der Waals surface area contributed by atoms with Crippen LogP contribution in [-0.4, -0.2) is 21.9 Å². The second-order valence-electron chi connectivity index (χ2n) is 5.03. The SMILES string of the molecule is COc1ccc([C@H](Cc2ccc(Cl)cc2)n2cnnc2)cc1. The second kappa shape index (κ2) is 6.62. The highest BCUT2D eigenvalue weighted by Gasteiger charge is 2.14. The molecule has 0 radical (unpaired) electrons. The minimum Gasteiger partial charge on any atom is -0.497 e. The smallest absolute Gasteiger partial charge is 0.119 e. The maximum Gasteiger partial charge on any atom is 0.119 e. The Morgan fingerprint density at radius 2 is 1.64 bits per heavy atom. The number of hydrogen-bond donors (Lipinski definition) is 0. The number of halogens is 1. The van der Waals surface area contributed by atoms with E-state index < -0.39 is 0 Å². The first-order chi connectivity index (χ1) is 10.8. The molecule has 112 valence electrons. The van der Waals surface area contributed by atoms with Gasteiger partial charge in [-0.15, -0.1) is 10.2 Å². The van der Waals surface area contributed by atoms with Gasteiger partial charge in [0.05, 0.1) is 13.2 Å². The zero-order chi connectivity index (χ0) is 15.4. The molecular formula is C17H16ClN3O. The molecule has 0 aliphatic heterocycles. The van der Waals surface area contributed by atoms with Crippen LogP contribution in [0.5, 0.6) is 5.75 Å². The Kier molecular flexibility index (Phi) is 4.39. The van der Waals surface area contributed by atoms with Crippen LogP contribution in [0.4, 0.5) is 0 Å². The van der Waals surface area contributed by atoms with Crippen LogP contribution < -0.4 is 4.74 Å². The fourth-order valence-electron chi connectivity index (χ4n) is 2.43. The van der Waals surface area contributed by atoms with Crippen molar-refractivity contribution in [3.63, 3.8) is 0 Å². The Morgan fingerprint density at radius 3 is 2.23 bits per heavy atom. The van der Waals surface area contributed by atoms with E-state index in [1.807, 2.05) is 41.0 Å². The van der Waals surface area contributed by atoms with Gasteiger partial charge in [-0.3, -0.25) is 0 Å². The Morgan fingerprint density at radius 1 is 1.00 bits per heavy atom. The summed E-state index contributed by atoms with van der Waals surface area (Å²) in [5, 5.41) is 8.59. The lowest BCUT2D eigenvalue weighted by atomic mass is 9.98. The minimum absolute atomic E-state index is 0.127. The first-order valence-electron chi connectivity index (χ1n) is 6.99. The fraction of sp³-hybridized carbons (Fsp3) is 0.176. The molecule has 5 heteroatoms. The number of ether oxygens (including phenoxy) is 1. The summed E-state index contributed by atoms with van der Waals surface area (Å²) in [7, 11) is 1.67. The molecule has 1 heterocycles. The Bertz CT molecular complexity index is 709. The molecule has 0 spiro atoms. The van der Waals surface area contributed by atoms with E-state index in [0.29, 0.717) is 0 Å². The van der Waals surface area contributed by atoms with Crippen LogP contribution in [0.25, 0.3) is 0 Å². The van der Waals surface area contributed by atoms with E-state index in [1.54, 1.807) is 19.8 Å². The van der Waals surface area contributed by atoms with Crippen molar-refractivity contribution in [1.82, 2.24) is 14.8 Å². The molecule has 0 bridgehead atoms. The van der Waals surface area contributed by atoms with Crippen molar-refractivity contribution >= 4 is 11.6 Å². The maximum absolute atomic E-state index is 5.96. The molecule has 0 unspecified atom stereocenters. The van der Waals surface area contributed by atoms with Crippen molar-refractivity contribution < 1.29 is 4.74 Å². The zero-order valence-corrected chi connectivity index (χ0v) is 12.9. The van der Waals surface area contributed by atoms with Gasteiger partial charge in [-0.05, 0) is 41.8 Å². The van der Waals surface area contributed by atoms with Crippen molar-refractivity contribution in [2.75, 3.05) is 7.11 Å². The van der Waals surface area contributed by atoms with Crippen LogP contribution in [0.1, 0.15) is 17.2 Å². The number of hydrogen-bond acceptors (Lipinski definition) is 3. The zero-order valence-electron chi connectivity index (χ0n) is 12.2. The molecule has 22 heavy (non-hydrogen) atoms. The molecule has 0 fully saturated rings. The first-order valence-corrected chi connectivity index (χ1v) is 7.36. The summed E-state index contributed by atoms with van der Waals surface area (Å²) in [6.45, 7) is 0. The van der Waals surface area contributed by atoms with E-state index in [2.05, 4.69) is 22.3 Å². The van der Waals surface area contributed by atoms with Gasteiger partial charge in [0, 0.05) is 5.02 Å². The van der Waals surface area contributed by atoms with Gasteiger partial charge in [-0.25, -0.2) is 0 Å². The van der Waals surface area contributed by atoms with Gasteiger partial charge in [0.2, 0.25) is 0 Å². The number of nitrogens with zero attached hydrogens (tertiary/aromatic N) is 3. The standard InChI is InChI=1S/C17H16ClN3O/c1-22-16-8-4-14(5-9-16)17(21-11-19-20-12-21)10-13-2-6-15(18)7-3-13/h2-9,11-12,17H,10H2,1H3/t17-/m0/s1. The molecule has 1 atom stereocenters. The number of benzene rings is 2. The maximum atomic E-state index is 5.96. The summed E-state index contributed by atoms with van der Waals surface area (Å²) in [5.41, 5.74) is 2.38. The number of rotatable bonds is 5. The van der Waals surface area contributed by atoms with Crippen LogP contribution in [0, 0.1) is 0 Å². The van der Waals surface area contributed by atoms with Gasteiger partial charge in [0.25, 0.3) is 0 Å². The average molecular weight is 314 g/mol. The fourth-order valence-corrected chi connectivity index (χ4v) is 2.56. The van der Waals surface area contributed by atoms with E-state index in [-0.39, 0.29) is 6.04 Å². The van der Waals surface area contributed by atoms with Crippen molar-refractivity contribution in [1.29, 1.82) is 0 Å². The highest BCUT2D eigenvalue weighted by Crippen LogP contribution is 2.25. The molecule has 0 N–H and O–H groups in total. The molecule has 0 saturated carbocycles. The lowest BCUT2D eigenvalue weighted by molar-refractivity contribution is 0.414. The van der Waals surface area contributed by atoms with Crippen molar-refractivity contribution in [3.05, 3.63) is 77.3 Å². The van der Waals surface area contributed by atoms with Gasteiger partial charge in [0.1, 0.15) is 18.4 Å². The lowest BCUT2D eigenvalue weighted by Crippen LogP contribution is -2.12. The van der Waals surface area contributed by atoms with Crippen molar-refractivity contribution in [2.24, 2.45) is 0 Å². The van der Waals surface area contributed by atoms with Gasteiger partial charge < -0.3 is 9.30 Å². The minimum atomic E-state index is 0.127. The predicted octanol–water partition coefficient (Wildman–Crippen LogP) is 3.77. The third kappa shape index (κ3) is 3.28. The molecule has 2 aromatic carbocycles. The van der Waals surface area contributed by atoms with Gasteiger partial charge in [-0.1, -0.05) is 35.9 Å². The monoisotopic (exact) mass is 313 g/mol. The first kappa shape index (κ1) is 14.6. The van der Waals surface area contributed by atoms with Gasteiger partial charge in [0.15, 0.2) is 0 Å². The molecule has 0 amide bonds. The summed E-state index contributed by atoms with van der Waals surface area (Å²) in [5.74, 6) is 0.845. The van der Waals surface area contributed by atoms with E-state index in [4.69, 9.17) is 16.3 Å². The van der Waals surface area contributed by atoms with Gasteiger partial charge in [-0.2, -0.15) is 0 Å². The van der Waals surface area contributed by atoms with E-state index in [9.17, 15) is 0 Å². The highest BCUT2D eigenvalue weighted by molar-refractivity contribution is 6.30. The molecule has 0 aliphatic carbocycles. The number of aromatic nitrogens is 3. The molecule has 3 rings (SSSR count). The normalized spacial score (nSPS) is 12.1. The number of methoxy groups -OCH3 is 1. The van der Waals surface area contributed by atoms with E-state index >= 15 is 0 Å². The van der Waals surface area contributed by atoms with Crippen LogP contribution in [-0.2, 0) is 6.42 Å². The summed E-state index contributed by atoms with van der Waals surface area (Å²) < 4.78 is 7.24. The third-order valence-electron chi connectivity index (χ3n) is 3.64. The second-order valence-corrected chi connectivity index (χ2v) is 5.47. The van der Waals surface area contributed by atoms with Crippen LogP contribution in [0.3, 0.4) is 0 Å². The quantitative estimate of drug-likeness (QED) is 0.720. The Balaban J connectivity index is 1.91. The Hall–Kier alpha value is -2.33. The summed E-state index contributed by atoms with van der Waals surface area (Å²) in [6.07, 6.45) is 4.32. The van der Waals surface area contributed by atoms with E-state index in [0.717, 1.165) is 17.2 Å². The summed E-state index contributed by atoms with van der Waals surface area (Å²) in [6, 6.07) is 16.1. The highest BCUT2D eigenvalue weighted by atomic mass is 35.5. The molecule has 1 aromatic heterocycles. The van der Waals surface area contributed by atoms with E-state index in [1.165, 1.54) is 11.1 Å². The molecule has 0 saturated heterocycles. The van der Waals surface area contributed by atoms with Crippen LogP contribution >= 0.6 is 11.6 Å². The summed E-state index contributed by atoms with van der Waals surface area (Å²) in [4.78, 5) is 0. The molecular weight excluding hydrogens is 298 g/mol. The third-order valence-corrected chi connectivity index (χ3v) is 3.89. The van der Waals surface area contributed by atoms with Crippen molar-refractivity contribution in [2.45, 2.75) is 12.5 Å². The topological polar surface area (TPSA) is 39.9 Å². The van der Waals surface area contributed by atoms with Gasteiger partial charge >= 0.3 is 0 Å². The Labute approximate surface area is 134 Å². The molecule has 0 aliphatic rings. The average Bonchev–Trinajstić information content (AvgIpc) is 3.09. The van der Waals surface area contributed by atoms with Crippen LogP contribution in [0.2, 0.25) is 5.02 Å². The predicted molar refractivity (Wildman–Crippen MR) is 86.3 cm³/mol. The van der Waals surface area contributed by atoms with Crippen molar-refractivity contribution in [3.8, 4) is 5.75 Å². The lowest BCUT2D eigenvalue weighted by Gasteiger charge is -2.19. The largest absolute Gasteiger partial charge is 0.497 e. The molecule has 3 aromatic rings. The summed E-state index contributed by atoms with van der Waals surface area (Å²) >= 11 is 5.96. The molecule has 4 nitrogen and oxygen atoms in total. The van der Waals surface area contributed by atoms with Crippen LogP contribution in [0.15, 0.2) is 61.2 Å².